The standard InChI is InChI=1S/C17H17BrN2O5/c1-10(13-9-12(24-2)5-7-16(13)25-3)19-17(21)11-4-6-14(18)15(8-11)20(22)23/h4-10H,1-3H3,(H,19,21)/t10-/m1/s1. The first kappa shape index (κ1) is 18.7. The van der Waals surface area contributed by atoms with Gasteiger partial charge in [-0.25, -0.2) is 0 Å². The van der Waals surface area contributed by atoms with E-state index in [4.69, 9.17) is 9.47 Å². The number of benzene rings is 2. The molecular formula is C17H17BrN2O5. The molecule has 8 heteroatoms. The third kappa shape index (κ3) is 4.27. The first-order valence-electron chi connectivity index (χ1n) is 7.34. The van der Waals surface area contributed by atoms with Crippen LogP contribution in [0.1, 0.15) is 28.9 Å². The summed E-state index contributed by atoms with van der Waals surface area (Å²) in [4.78, 5) is 22.9. The Kier molecular flexibility index (Phi) is 5.97. The lowest BCUT2D eigenvalue weighted by Crippen LogP contribution is -2.27. The zero-order valence-electron chi connectivity index (χ0n) is 13.9. The lowest BCUT2D eigenvalue weighted by atomic mass is 10.1. The summed E-state index contributed by atoms with van der Waals surface area (Å²) in [5, 5.41) is 13.8. The molecule has 2 aromatic rings. The van der Waals surface area contributed by atoms with Crippen LogP contribution >= 0.6 is 15.9 Å². The van der Waals surface area contributed by atoms with Crippen LogP contribution in [0.2, 0.25) is 0 Å². The Morgan fingerprint density at radius 1 is 1.20 bits per heavy atom. The van der Waals surface area contributed by atoms with Crippen LogP contribution in [0.4, 0.5) is 5.69 Å². The lowest BCUT2D eigenvalue weighted by Gasteiger charge is -2.18. The maximum atomic E-state index is 12.4. The Hall–Kier alpha value is -2.61. The first-order valence-corrected chi connectivity index (χ1v) is 8.13. The third-order valence-electron chi connectivity index (χ3n) is 3.66. The van der Waals surface area contributed by atoms with Crippen LogP contribution in [-0.2, 0) is 0 Å². The Morgan fingerprint density at radius 3 is 2.52 bits per heavy atom. The van der Waals surface area contributed by atoms with Crippen LogP contribution in [0.3, 0.4) is 0 Å². The van der Waals surface area contributed by atoms with Crippen LogP contribution in [0.5, 0.6) is 11.5 Å². The molecule has 0 bridgehead atoms. The second-order valence-corrected chi connectivity index (χ2v) is 6.08. The monoisotopic (exact) mass is 408 g/mol. The van der Waals surface area contributed by atoms with Gasteiger partial charge in [0.25, 0.3) is 11.6 Å². The van der Waals surface area contributed by atoms with E-state index in [9.17, 15) is 14.9 Å². The predicted octanol–water partition coefficient (Wildman–Crippen LogP) is 3.87. The van der Waals surface area contributed by atoms with Crippen LogP contribution in [0.15, 0.2) is 40.9 Å². The molecule has 1 N–H and O–H groups in total. The molecule has 132 valence electrons. The van der Waals surface area contributed by atoms with E-state index in [-0.39, 0.29) is 17.3 Å². The number of rotatable bonds is 6. The predicted molar refractivity (Wildman–Crippen MR) is 96.2 cm³/mol. The molecule has 0 unspecified atom stereocenters. The fraction of sp³-hybridized carbons (Fsp3) is 0.235. The zero-order chi connectivity index (χ0) is 18.6. The van der Waals surface area contributed by atoms with Crippen molar-refractivity contribution in [2.75, 3.05) is 14.2 Å². The number of halogens is 1. The van der Waals surface area contributed by atoms with Crippen LogP contribution in [-0.4, -0.2) is 25.1 Å². The fourth-order valence-electron chi connectivity index (χ4n) is 2.33. The van der Waals surface area contributed by atoms with E-state index in [0.29, 0.717) is 16.0 Å². The molecule has 0 aliphatic heterocycles. The Bertz CT molecular complexity index is 810. The van der Waals surface area contributed by atoms with Crippen molar-refractivity contribution in [1.82, 2.24) is 5.32 Å². The molecule has 0 aromatic heterocycles. The smallest absolute Gasteiger partial charge is 0.284 e. The third-order valence-corrected chi connectivity index (χ3v) is 4.33. The highest BCUT2D eigenvalue weighted by molar-refractivity contribution is 9.10. The topological polar surface area (TPSA) is 90.7 Å². The van der Waals surface area contributed by atoms with Gasteiger partial charge in [0.05, 0.1) is 29.7 Å². The maximum absolute atomic E-state index is 12.4. The number of methoxy groups -OCH3 is 2. The number of nitro groups is 1. The molecule has 0 aliphatic rings. The maximum Gasteiger partial charge on any atom is 0.284 e. The van der Waals surface area contributed by atoms with E-state index in [0.717, 1.165) is 5.56 Å². The Morgan fingerprint density at radius 2 is 1.92 bits per heavy atom. The zero-order valence-corrected chi connectivity index (χ0v) is 15.5. The minimum absolute atomic E-state index is 0.167. The van der Waals surface area contributed by atoms with E-state index in [1.807, 2.05) is 0 Å². The van der Waals surface area contributed by atoms with Crippen molar-refractivity contribution in [2.24, 2.45) is 0 Å². The second kappa shape index (κ2) is 7.98. The molecule has 1 atom stereocenters. The van der Waals surface area contributed by atoms with Gasteiger partial charge < -0.3 is 14.8 Å². The molecule has 0 aliphatic carbocycles. The summed E-state index contributed by atoms with van der Waals surface area (Å²) < 4.78 is 10.8. The Balaban J connectivity index is 2.26. The highest BCUT2D eigenvalue weighted by atomic mass is 79.9. The van der Waals surface area contributed by atoms with Crippen molar-refractivity contribution >= 4 is 27.5 Å². The van der Waals surface area contributed by atoms with Gasteiger partial charge in [-0.1, -0.05) is 0 Å². The van der Waals surface area contributed by atoms with Gasteiger partial charge in [-0.05, 0) is 53.2 Å². The number of amides is 1. The molecule has 0 radical (unpaired) electrons. The summed E-state index contributed by atoms with van der Waals surface area (Å²) >= 11 is 3.10. The molecule has 0 saturated carbocycles. The summed E-state index contributed by atoms with van der Waals surface area (Å²) in [7, 11) is 3.09. The average molecular weight is 409 g/mol. The molecule has 7 nitrogen and oxygen atoms in total. The highest BCUT2D eigenvalue weighted by Gasteiger charge is 2.19. The number of nitrogens with one attached hydrogen (secondary N) is 1. The van der Waals surface area contributed by atoms with Crippen LogP contribution < -0.4 is 14.8 Å². The van der Waals surface area contributed by atoms with Gasteiger partial charge >= 0.3 is 0 Å². The Labute approximate surface area is 153 Å². The van der Waals surface area contributed by atoms with Gasteiger partial charge in [-0.15, -0.1) is 0 Å². The number of ether oxygens (including phenoxy) is 2. The number of nitro benzene ring substituents is 1. The van der Waals surface area contributed by atoms with E-state index < -0.39 is 10.8 Å². The van der Waals surface area contributed by atoms with Gasteiger partial charge in [-0.2, -0.15) is 0 Å². The minimum atomic E-state index is -0.546. The summed E-state index contributed by atoms with van der Waals surface area (Å²) in [6, 6.07) is 9.12. The van der Waals surface area contributed by atoms with Crippen molar-refractivity contribution < 1.29 is 19.2 Å². The molecular weight excluding hydrogens is 392 g/mol. The van der Waals surface area contributed by atoms with Crippen molar-refractivity contribution in [2.45, 2.75) is 13.0 Å². The quantitative estimate of drug-likeness (QED) is 0.578. The molecule has 2 aromatic carbocycles. The van der Waals surface area contributed by atoms with Gasteiger partial charge in [0.15, 0.2) is 0 Å². The second-order valence-electron chi connectivity index (χ2n) is 5.23. The average Bonchev–Trinajstić information content (AvgIpc) is 2.60. The molecule has 0 saturated heterocycles. The number of carbonyl (C=O) groups is 1. The van der Waals surface area contributed by atoms with E-state index in [1.165, 1.54) is 25.3 Å². The summed E-state index contributed by atoms with van der Waals surface area (Å²) in [5.74, 6) is 0.819. The summed E-state index contributed by atoms with van der Waals surface area (Å²) in [5.41, 5.74) is 0.768. The molecule has 0 fully saturated rings. The lowest BCUT2D eigenvalue weighted by molar-refractivity contribution is -0.385. The van der Waals surface area contributed by atoms with Crippen LogP contribution in [0.25, 0.3) is 0 Å². The van der Waals surface area contributed by atoms with Crippen molar-refractivity contribution in [3.63, 3.8) is 0 Å². The molecule has 0 spiro atoms. The summed E-state index contributed by atoms with van der Waals surface area (Å²) in [6.45, 7) is 1.79. The SMILES string of the molecule is COc1ccc(OC)c([C@@H](C)NC(=O)c2ccc(Br)c([N+](=O)[O-])c2)c1. The van der Waals surface area contributed by atoms with Crippen LogP contribution in [0, 0.1) is 10.1 Å². The summed E-state index contributed by atoms with van der Waals surface area (Å²) in [6.07, 6.45) is 0. The first-order chi connectivity index (χ1) is 11.9. The molecule has 1 amide bonds. The van der Waals surface area contributed by atoms with Crippen molar-refractivity contribution in [3.8, 4) is 11.5 Å². The number of nitrogens with zero attached hydrogens (tertiary/aromatic N) is 1. The van der Waals surface area contributed by atoms with E-state index >= 15 is 0 Å². The van der Waals surface area contributed by atoms with Gasteiger partial charge in [0.2, 0.25) is 0 Å². The van der Waals surface area contributed by atoms with Crippen molar-refractivity contribution in [1.29, 1.82) is 0 Å². The molecule has 0 heterocycles. The van der Waals surface area contributed by atoms with E-state index in [1.54, 1.807) is 32.2 Å². The van der Waals surface area contributed by atoms with E-state index in [2.05, 4.69) is 21.2 Å². The number of hydrogen-bond acceptors (Lipinski definition) is 5. The number of carbonyl (C=O) groups excluding carboxylic acids is 1. The number of hydrogen-bond donors (Lipinski definition) is 1. The fourth-order valence-corrected chi connectivity index (χ4v) is 2.72. The molecule has 2 rings (SSSR count). The molecule has 25 heavy (non-hydrogen) atoms. The normalized spacial score (nSPS) is 11.5. The van der Waals surface area contributed by atoms with Gasteiger partial charge in [-0.3, -0.25) is 14.9 Å². The van der Waals surface area contributed by atoms with Crippen molar-refractivity contribution in [3.05, 3.63) is 62.1 Å². The highest BCUT2D eigenvalue weighted by Crippen LogP contribution is 2.30. The van der Waals surface area contributed by atoms with Gasteiger partial charge in [0, 0.05) is 17.2 Å². The van der Waals surface area contributed by atoms with Gasteiger partial charge in [0.1, 0.15) is 11.5 Å². The largest absolute Gasteiger partial charge is 0.497 e. The minimum Gasteiger partial charge on any atom is -0.497 e.